The maximum atomic E-state index is 12.6. The SMILES string of the molecule is Fc1ccc(Cl)c(I)c1Br. The van der Waals surface area contributed by atoms with Gasteiger partial charge in [-0.1, -0.05) is 11.6 Å². The van der Waals surface area contributed by atoms with Crippen molar-refractivity contribution in [2.24, 2.45) is 0 Å². The second-order valence-corrected chi connectivity index (χ2v) is 3.94. The predicted octanol–water partition coefficient (Wildman–Crippen LogP) is 3.85. The highest BCUT2D eigenvalue weighted by Gasteiger charge is 2.05. The van der Waals surface area contributed by atoms with Crippen LogP contribution >= 0.6 is 50.1 Å². The van der Waals surface area contributed by atoms with Crippen LogP contribution in [-0.2, 0) is 0 Å². The number of hydrogen-bond acceptors (Lipinski definition) is 0. The normalized spacial score (nSPS) is 10.0. The molecule has 0 radical (unpaired) electrons. The molecule has 0 aliphatic carbocycles. The Morgan fingerprint density at radius 3 is 2.60 bits per heavy atom. The zero-order valence-corrected chi connectivity index (χ0v) is 9.17. The highest BCUT2D eigenvalue weighted by Crippen LogP contribution is 2.28. The monoisotopic (exact) mass is 334 g/mol. The maximum absolute atomic E-state index is 12.6. The molecule has 0 N–H and O–H groups in total. The minimum Gasteiger partial charge on any atom is -0.206 e. The van der Waals surface area contributed by atoms with Gasteiger partial charge in [-0.15, -0.1) is 0 Å². The van der Waals surface area contributed by atoms with E-state index >= 15 is 0 Å². The van der Waals surface area contributed by atoms with Gasteiger partial charge in [-0.2, -0.15) is 0 Å². The van der Waals surface area contributed by atoms with Crippen molar-refractivity contribution in [1.82, 2.24) is 0 Å². The van der Waals surface area contributed by atoms with Crippen LogP contribution in [0.4, 0.5) is 4.39 Å². The highest BCUT2D eigenvalue weighted by molar-refractivity contribution is 14.1. The van der Waals surface area contributed by atoms with Crippen LogP contribution in [0.25, 0.3) is 0 Å². The lowest BCUT2D eigenvalue weighted by Crippen LogP contribution is -1.81. The summed E-state index contributed by atoms with van der Waals surface area (Å²) in [7, 11) is 0. The van der Waals surface area contributed by atoms with Crippen LogP contribution < -0.4 is 0 Å². The quantitative estimate of drug-likeness (QED) is 0.384. The molecular formula is C6H2BrClFI. The van der Waals surface area contributed by atoms with E-state index in [0.717, 1.165) is 0 Å². The highest BCUT2D eigenvalue weighted by atomic mass is 127. The molecule has 0 aliphatic heterocycles. The Kier molecular flexibility index (Phi) is 2.94. The Bertz CT molecular complexity index is 237. The average Bonchev–Trinajstić information content (AvgIpc) is 1.93. The van der Waals surface area contributed by atoms with Crippen molar-refractivity contribution < 1.29 is 4.39 Å². The molecule has 0 bridgehead atoms. The van der Waals surface area contributed by atoms with Gasteiger partial charge in [-0.25, -0.2) is 4.39 Å². The van der Waals surface area contributed by atoms with Gasteiger partial charge in [-0.05, 0) is 50.7 Å². The maximum Gasteiger partial charge on any atom is 0.138 e. The molecule has 4 heteroatoms. The number of benzene rings is 1. The van der Waals surface area contributed by atoms with Gasteiger partial charge in [0.05, 0.1) is 9.50 Å². The molecule has 0 spiro atoms. The third kappa shape index (κ3) is 1.62. The molecule has 1 rings (SSSR count). The van der Waals surface area contributed by atoms with Crippen LogP contribution in [0.15, 0.2) is 16.6 Å². The Balaban J connectivity index is 3.34. The van der Waals surface area contributed by atoms with E-state index in [1.54, 1.807) is 0 Å². The largest absolute Gasteiger partial charge is 0.206 e. The summed E-state index contributed by atoms with van der Waals surface area (Å²) in [6.45, 7) is 0. The molecule has 0 nitrogen and oxygen atoms in total. The van der Waals surface area contributed by atoms with Gasteiger partial charge in [0, 0.05) is 3.57 Å². The van der Waals surface area contributed by atoms with E-state index in [4.69, 9.17) is 11.6 Å². The number of hydrogen-bond donors (Lipinski definition) is 0. The summed E-state index contributed by atoms with van der Waals surface area (Å²) in [4.78, 5) is 0. The molecule has 1 aromatic rings. The summed E-state index contributed by atoms with van der Waals surface area (Å²) in [6, 6.07) is 2.86. The fourth-order valence-electron chi connectivity index (χ4n) is 0.502. The van der Waals surface area contributed by atoms with Gasteiger partial charge in [0.1, 0.15) is 5.82 Å². The fourth-order valence-corrected chi connectivity index (χ4v) is 1.56. The smallest absolute Gasteiger partial charge is 0.138 e. The second-order valence-electron chi connectivity index (χ2n) is 1.66. The lowest BCUT2D eigenvalue weighted by atomic mass is 10.3. The summed E-state index contributed by atoms with van der Waals surface area (Å²) in [5, 5.41) is 0.564. The predicted molar refractivity (Wildman–Crippen MR) is 51.8 cm³/mol. The van der Waals surface area contributed by atoms with Crippen LogP contribution in [0.3, 0.4) is 0 Å². The zero-order valence-electron chi connectivity index (χ0n) is 4.67. The Labute approximate surface area is 85.0 Å². The molecular weight excluding hydrogens is 333 g/mol. The molecule has 0 aromatic heterocycles. The lowest BCUT2D eigenvalue weighted by molar-refractivity contribution is 0.620. The Morgan fingerprint density at radius 1 is 1.50 bits per heavy atom. The first kappa shape index (κ1) is 8.74. The van der Waals surface area contributed by atoms with Crippen LogP contribution in [0, 0.1) is 9.39 Å². The van der Waals surface area contributed by atoms with E-state index in [0.29, 0.717) is 13.1 Å². The van der Waals surface area contributed by atoms with E-state index in [-0.39, 0.29) is 5.82 Å². The second kappa shape index (κ2) is 3.36. The summed E-state index contributed by atoms with van der Waals surface area (Å²) in [6.07, 6.45) is 0. The molecule has 0 amide bonds. The minimum atomic E-state index is -0.284. The third-order valence-electron chi connectivity index (χ3n) is 0.988. The van der Waals surface area contributed by atoms with Crippen LogP contribution in [-0.4, -0.2) is 0 Å². The van der Waals surface area contributed by atoms with Crippen molar-refractivity contribution in [3.05, 3.63) is 31.0 Å². The molecule has 0 unspecified atom stereocenters. The van der Waals surface area contributed by atoms with Gasteiger partial charge in [0.2, 0.25) is 0 Å². The first-order valence-electron chi connectivity index (χ1n) is 2.42. The van der Waals surface area contributed by atoms with Gasteiger partial charge in [0.15, 0.2) is 0 Å². The molecule has 0 aliphatic rings. The summed E-state index contributed by atoms with van der Waals surface area (Å²) in [5.41, 5.74) is 0. The minimum absolute atomic E-state index is 0.284. The first-order chi connectivity index (χ1) is 4.63. The molecule has 10 heavy (non-hydrogen) atoms. The van der Waals surface area contributed by atoms with Gasteiger partial charge < -0.3 is 0 Å². The van der Waals surface area contributed by atoms with Crippen molar-refractivity contribution in [1.29, 1.82) is 0 Å². The zero-order chi connectivity index (χ0) is 7.72. The molecule has 0 saturated carbocycles. The van der Waals surface area contributed by atoms with Crippen molar-refractivity contribution in [2.75, 3.05) is 0 Å². The molecule has 0 heterocycles. The molecule has 0 fully saturated rings. The van der Waals surface area contributed by atoms with Gasteiger partial charge in [-0.3, -0.25) is 0 Å². The molecule has 0 saturated heterocycles. The lowest BCUT2D eigenvalue weighted by Gasteiger charge is -1.98. The van der Waals surface area contributed by atoms with Crippen molar-refractivity contribution in [2.45, 2.75) is 0 Å². The fraction of sp³-hybridized carbons (Fsp3) is 0. The molecule has 54 valence electrons. The summed E-state index contributed by atoms with van der Waals surface area (Å²) >= 11 is 10.7. The van der Waals surface area contributed by atoms with E-state index in [1.807, 2.05) is 22.6 Å². The van der Waals surface area contributed by atoms with Gasteiger partial charge >= 0.3 is 0 Å². The van der Waals surface area contributed by atoms with Gasteiger partial charge in [0.25, 0.3) is 0 Å². The topological polar surface area (TPSA) is 0 Å². The van der Waals surface area contributed by atoms with E-state index in [9.17, 15) is 4.39 Å². The van der Waals surface area contributed by atoms with Crippen molar-refractivity contribution in [3.63, 3.8) is 0 Å². The molecule has 0 atom stereocenters. The number of rotatable bonds is 0. The van der Waals surface area contributed by atoms with E-state index in [2.05, 4.69) is 15.9 Å². The van der Waals surface area contributed by atoms with Crippen molar-refractivity contribution >= 4 is 50.1 Å². The van der Waals surface area contributed by atoms with Crippen LogP contribution in [0.1, 0.15) is 0 Å². The van der Waals surface area contributed by atoms with Crippen molar-refractivity contribution in [3.8, 4) is 0 Å². The average molecular weight is 335 g/mol. The first-order valence-corrected chi connectivity index (χ1v) is 4.67. The Hall–Kier alpha value is 0.650. The molecule has 1 aromatic carbocycles. The standard InChI is InChI=1S/C6H2BrClFI/c7-5-4(9)2-1-3(8)6(5)10/h1-2H. The third-order valence-corrected chi connectivity index (χ3v) is 4.26. The summed E-state index contributed by atoms with van der Waals surface area (Å²) < 4.78 is 13.8. The van der Waals surface area contributed by atoms with E-state index < -0.39 is 0 Å². The van der Waals surface area contributed by atoms with Crippen LogP contribution in [0.2, 0.25) is 5.02 Å². The van der Waals surface area contributed by atoms with E-state index in [1.165, 1.54) is 12.1 Å². The summed E-state index contributed by atoms with van der Waals surface area (Å²) in [5.74, 6) is -0.284. The Morgan fingerprint density at radius 2 is 2.10 bits per heavy atom. The van der Waals surface area contributed by atoms with Crippen LogP contribution in [0.5, 0.6) is 0 Å². The number of halogens is 4.